The molecule has 94 valence electrons. The van der Waals surface area contributed by atoms with Crippen molar-refractivity contribution in [3.05, 3.63) is 17.7 Å². The molecule has 1 aromatic carbocycles. The third-order valence-electron chi connectivity index (χ3n) is 2.42. The highest BCUT2D eigenvalue weighted by molar-refractivity contribution is 5.90. The number of nitrogens with one attached hydrogen (secondary N) is 1. The second-order valence-corrected chi connectivity index (χ2v) is 4.85. The van der Waals surface area contributed by atoms with Crippen LogP contribution in [0.3, 0.4) is 0 Å². The highest BCUT2D eigenvalue weighted by Gasteiger charge is 2.18. The molecule has 0 aliphatic heterocycles. The van der Waals surface area contributed by atoms with Crippen LogP contribution in [0.15, 0.2) is 12.1 Å². The molecule has 1 rings (SSSR count). The number of likely N-dealkylation sites (N-methyl/N-ethyl adjacent to an activating group) is 1. The molecule has 0 saturated carbocycles. The lowest BCUT2D eigenvalue weighted by molar-refractivity contribution is 0.0886. The van der Waals surface area contributed by atoms with Crippen LogP contribution in [0.4, 0.5) is 17.1 Å². The van der Waals surface area contributed by atoms with E-state index < -0.39 is 5.60 Å². The Morgan fingerprint density at radius 1 is 1.35 bits per heavy atom. The van der Waals surface area contributed by atoms with Gasteiger partial charge in [-0.3, -0.25) is 0 Å². The molecule has 0 atom stereocenters. The lowest BCUT2D eigenvalue weighted by Crippen LogP contribution is -2.36. The highest BCUT2D eigenvalue weighted by Crippen LogP contribution is 2.28. The Bertz CT molecular complexity index is 423. The van der Waals surface area contributed by atoms with Gasteiger partial charge in [-0.15, -0.1) is 0 Å². The normalized spacial score (nSPS) is 11.3. The topological polar surface area (TPSA) is 99.4 Å². The number of anilines is 3. The standard InChI is InChI=1S/C12H20N4O/c1-12(2,17)7-16(3)11-5-9(14)8(6-13)4-10(11)15/h4-6,13,17H,7,14-15H2,1-3H3. The summed E-state index contributed by atoms with van der Waals surface area (Å²) in [5.74, 6) is 0. The maximum absolute atomic E-state index is 9.76. The predicted molar refractivity (Wildman–Crippen MR) is 72.7 cm³/mol. The quantitative estimate of drug-likeness (QED) is 0.464. The zero-order chi connectivity index (χ0) is 13.2. The first-order valence-corrected chi connectivity index (χ1v) is 5.37. The van der Waals surface area contributed by atoms with Gasteiger partial charge in [0.2, 0.25) is 0 Å². The van der Waals surface area contributed by atoms with Crippen molar-refractivity contribution < 1.29 is 5.11 Å². The van der Waals surface area contributed by atoms with Crippen molar-refractivity contribution in [2.45, 2.75) is 19.4 Å². The fraction of sp³-hybridized carbons (Fsp3) is 0.417. The molecule has 5 nitrogen and oxygen atoms in total. The van der Waals surface area contributed by atoms with E-state index in [1.807, 2.05) is 11.9 Å². The van der Waals surface area contributed by atoms with Gasteiger partial charge in [0.25, 0.3) is 0 Å². The minimum absolute atomic E-state index is 0.445. The van der Waals surface area contributed by atoms with Crippen LogP contribution < -0.4 is 16.4 Å². The van der Waals surface area contributed by atoms with Gasteiger partial charge in [-0.2, -0.15) is 0 Å². The average molecular weight is 236 g/mol. The van der Waals surface area contributed by atoms with Crippen molar-refractivity contribution in [1.82, 2.24) is 0 Å². The number of nitrogens with zero attached hydrogens (tertiary/aromatic N) is 1. The Labute approximate surface area is 102 Å². The molecule has 0 aromatic heterocycles. The molecule has 0 bridgehead atoms. The van der Waals surface area contributed by atoms with Gasteiger partial charge in [-0.1, -0.05) is 0 Å². The van der Waals surface area contributed by atoms with Gasteiger partial charge in [0.15, 0.2) is 0 Å². The highest BCUT2D eigenvalue weighted by atomic mass is 16.3. The summed E-state index contributed by atoms with van der Waals surface area (Å²) in [7, 11) is 1.84. The number of rotatable bonds is 4. The molecule has 0 unspecified atom stereocenters. The van der Waals surface area contributed by atoms with Crippen LogP contribution in [0.2, 0.25) is 0 Å². The molecular formula is C12H20N4O. The fourth-order valence-corrected chi connectivity index (χ4v) is 1.76. The van der Waals surface area contributed by atoms with Gasteiger partial charge in [-0.25, -0.2) is 0 Å². The maximum atomic E-state index is 9.76. The zero-order valence-electron chi connectivity index (χ0n) is 10.5. The van der Waals surface area contributed by atoms with Crippen LogP contribution in [0.1, 0.15) is 19.4 Å². The minimum atomic E-state index is -0.809. The molecule has 0 fully saturated rings. The summed E-state index contributed by atoms with van der Waals surface area (Å²) in [5.41, 5.74) is 13.3. The Morgan fingerprint density at radius 2 is 1.94 bits per heavy atom. The van der Waals surface area contributed by atoms with Crippen molar-refractivity contribution >= 4 is 23.3 Å². The first-order valence-electron chi connectivity index (χ1n) is 5.37. The van der Waals surface area contributed by atoms with Crippen LogP contribution in [0.25, 0.3) is 0 Å². The predicted octanol–water partition coefficient (Wildman–Crippen LogP) is 1.06. The van der Waals surface area contributed by atoms with Gasteiger partial charge in [0.1, 0.15) is 0 Å². The van der Waals surface area contributed by atoms with Crippen LogP contribution in [0, 0.1) is 5.41 Å². The van der Waals surface area contributed by atoms with E-state index in [-0.39, 0.29) is 0 Å². The van der Waals surface area contributed by atoms with Crippen molar-refractivity contribution in [2.75, 3.05) is 30.0 Å². The van der Waals surface area contributed by atoms with Gasteiger partial charge in [-0.05, 0) is 26.0 Å². The van der Waals surface area contributed by atoms with Crippen LogP contribution in [-0.2, 0) is 0 Å². The number of aliphatic hydroxyl groups is 1. The summed E-state index contributed by atoms with van der Waals surface area (Å²) in [6, 6.07) is 3.39. The van der Waals surface area contributed by atoms with Crippen LogP contribution in [-0.4, -0.2) is 30.5 Å². The van der Waals surface area contributed by atoms with E-state index in [9.17, 15) is 5.11 Å². The van der Waals surface area contributed by atoms with Crippen molar-refractivity contribution in [3.63, 3.8) is 0 Å². The SMILES string of the molecule is CN(CC(C)(C)O)c1cc(N)c(C=N)cc1N. The molecule has 6 N–H and O–H groups in total. The van der Waals surface area contributed by atoms with Gasteiger partial charge in [0, 0.05) is 31.1 Å². The molecule has 0 saturated heterocycles. The van der Waals surface area contributed by atoms with E-state index in [2.05, 4.69) is 0 Å². The van der Waals surface area contributed by atoms with Crippen molar-refractivity contribution in [3.8, 4) is 0 Å². The number of benzene rings is 1. The van der Waals surface area contributed by atoms with Gasteiger partial charge in [0.05, 0.1) is 17.0 Å². The van der Waals surface area contributed by atoms with Crippen LogP contribution >= 0.6 is 0 Å². The van der Waals surface area contributed by atoms with Crippen LogP contribution in [0.5, 0.6) is 0 Å². The minimum Gasteiger partial charge on any atom is -0.398 e. The van der Waals surface area contributed by atoms with E-state index in [4.69, 9.17) is 16.9 Å². The molecule has 0 aliphatic rings. The van der Waals surface area contributed by atoms with Gasteiger partial charge >= 0.3 is 0 Å². The molecular weight excluding hydrogens is 216 g/mol. The monoisotopic (exact) mass is 236 g/mol. The van der Waals surface area contributed by atoms with E-state index >= 15 is 0 Å². The molecule has 0 amide bonds. The molecule has 1 aromatic rings. The van der Waals surface area contributed by atoms with E-state index in [1.165, 1.54) is 6.21 Å². The summed E-state index contributed by atoms with van der Waals surface area (Å²) >= 11 is 0. The Hall–Kier alpha value is -1.75. The Morgan fingerprint density at radius 3 is 2.41 bits per heavy atom. The Balaban J connectivity index is 3.06. The first-order chi connectivity index (χ1) is 7.74. The molecule has 0 heterocycles. The lowest BCUT2D eigenvalue weighted by Gasteiger charge is -2.28. The second-order valence-electron chi connectivity index (χ2n) is 4.85. The number of nitrogens with two attached hydrogens (primary N) is 2. The lowest BCUT2D eigenvalue weighted by atomic mass is 10.1. The summed E-state index contributed by atoms with van der Waals surface area (Å²) in [5, 5.41) is 16.9. The number of hydrogen-bond acceptors (Lipinski definition) is 5. The summed E-state index contributed by atoms with van der Waals surface area (Å²) in [6.07, 6.45) is 1.17. The van der Waals surface area contributed by atoms with Gasteiger partial charge < -0.3 is 26.9 Å². The molecule has 0 aliphatic carbocycles. The molecule has 0 radical (unpaired) electrons. The number of hydrogen-bond donors (Lipinski definition) is 4. The number of nitrogen functional groups attached to an aromatic ring is 2. The average Bonchev–Trinajstić information content (AvgIpc) is 2.18. The summed E-state index contributed by atoms with van der Waals surface area (Å²) in [6.45, 7) is 3.91. The first kappa shape index (κ1) is 13.3. The molecule has 5 heteroatoms. The Kier molecular flexibility index (Phi) is 3.63. The van der Waals surface area contributed by atoms with E-state index in [0.717, 1.165) is 5.69 Å². The van der Waals surface area contributed by atoms with E-state index in [0.29, 0.717) is 23.5 Å². The van der Waals surface area contributed by atoms with Crippen molar-refractivity contribution in [1.29, 1.82) is 5.41 Å². The van der Waals surface area contributed by atoms with Crippen molar-refractivity contribution in [2.24, 2.45) is 0 Å². The second kappa shape index (κ2) is 4.63. The third kappa shape index (κ3) is 3.35. The van der Waals surface area contributed by atoms with E-state index in [1.54, 1.807) is 26.0 Å². The maximum Gasteiger partial charge on any atom is 0.0765 e. The molecule has 0 spiro atoms. The smallest absolute Gasteiger partial charge is 0.0765 e. The summed E-state index contributed by atoms with van der Waals surface area (Å²) in [4.78, 5) is 1.85. The zero-order valence-corrected chi connectivity index (χ0v) is 10.5. The fourth-order valence-electron chi connectivity index (χ4n) is 1.76. The largest absolute Gasteiger partial charge is 0.398 e. The summed E-state index contributed by atoms with van der Waals surface area (Å²) < 4.78 is 0. The molecule has 17 heavy (non-hydrogen) atoms. The third-order valence-corrected chi connectivity index (χ3v) is 2.42.